The van der Waals surface area contributed by atoms with Gasteiger partial charge in [0.25, 0.3) is 0 Å². The molecular weight excluding hydrogens is 240 g/mol. The highest BCUT2D eigenvalue weighted by Crippen LogP contribution is 2.33. The Morgan fingerprint density at radius 2 is 1.95 bits per heavy atom. The summed E-state index contributed by atoms with van der Waals surface area (Å²) < 4.78 is 0. The van der Waals surface area contributed by atoms with Gasteiger partial charge in [0.2, 0.25) is 5.91 Å². The predicted octanol–water partition coefficient (Wildman–Crippen LogP) is 0.806. The van der Waals surface area contributed by atoms with Gasteiger partial charge in [-0.15, -0.1) is 0 Å². The van der Waals surface area contributed by atoms with Crippen molar-refractivity contribution in [2.45, 2.75) is 24.7 Å². The number of benzene rings is 1. The van der Waals surface area contributed by atoms with Crippen molar-refractivity contribution in [1.29, 1.82) is 0 Å². The second kappa shape index (κ2) is 6.68. The molecule has 1 aliphatic rings. The third-order valence-electron chi connectivity index (χ3n) is 3.84. The van der Waals surface area contributed by atoms with Crippen molar-refractivity contribution in [3.8, 4) is 0 Å². The summed E-state index contributed by atoms with van der Waals surface area (Å²) in [7, 11) is 0. The lowest BCUT2D eigenvalue weighted by atomic mass is 9.72. The zero-order valence-electron chi connectivity index (χ0n) is 11.2. The highest BCUT2D eigenvalue weighted by molar-refractivity contribution is 5.88. The Hall–Kier alpha value is -1.39. The highest BCUT2D eigenvalue weighted by atomic mass is 16.3. The van der Waals surface area contributed by atoms with E-state index < -0.39 is 5.41 Å². The maximum absolute atomic E-state index is 12.6. The molecule has 2 rings (SSSR count). The summed E-state index contributed by atoms with van der Waals surface area (Å²) in [5, 5.41) is 15.1. The Kier molecular flexibility index (Phi) is 4.93. The molecule has 1 fully saturated rings. The second-order valence-electron chi connectivity index (χ2n) is 5.03. The van der Waals surface area contributed by atoms with Gasteiger partial charge in [0, 0.05) is 13.2 Å². The van der Waals surface area contributed by atoms with Crippen LogP contribution >= 0.6 is 0 Å². The number of nitrogens with one attached hydrogen (secondary N) is 2. The van der Waals surface area contributed by atoms with Gasteiger partial charge in [-0.05, 0) is 37.9 Å². The van der Waals surface area contributed by atoms with Crippen LogP contribution in [-0.4, -0.2) is 37.3 Å². The molecule has 0 atom stereocenters. The van der Waals surface area contributed by atoms with Crippen molar-refractivity contribution in [3.05, 3.63) is 35.9 Å². The standard InChI is InChI=1S/C15H22N2O2/c18-12-4-9-17-14(19)15(7-10-16-11-8-15)13-5-2-1-3-6-13/h1-3,5-6,16,18H,4,7-12H2,(H,17,19). The fourth-order valence-electron chi connectivity index (χ4n) is 2.71. The lowest BCUT2D eigenvalue weighted by Crippen LogP contribution is -2.50. The third-order valence-corrected chi connectivity index (χ3v) is 3.84. The summed E-state index contributed by atoms with van der Waals surface area (Å²) in [4.78, 5) is 12.6. The normalized spacial score (nSPS) is 17.9. The van der Waals surface area contributed by atoms with Crippen LogP contribution in [0.5, 0.6) is 0 Å². The van der Waals surface area contributed by atoms with Crippen molar-refractivity contribution in [2.75, 3.05) is 26.2 Å². The van der Waals surface area contributed by atoms with Gasteiger partial charge in [0.05, 0.1) is 5.41 Å². The lowest BCUT2D eigenvalue weighted by Gasteiger charge is -2.36. The molecule has 1 aliphatic heterocycles. The molecule has 1 aromatic rings. The van der Waals surface area contributed by atoms with Crippen LogP contribution in [0.1, 0.15) is 24.8 Å². The van der Waals surface area contributed by atoms with Crippen LogP contribution in [-0.2, 0) is 10.2 Å². The van der Waals surface area contributed by atoms with E-state index in [4.69, 9.17) is 5.11 Å². The van der Waals surface area contributed by atoms with E-state index in [0.717, 1.165) is 31.5 Å². The Bertz CT molecular complexity index is 400. The molecule has 1 amide bonds. The average Bonchev–Trinajstić information content (AvgIpc) is 2.49. The molecule has 0 aliphatic carbocycles. The van der Waals surface area contributed by atoms with E-state index in [1.165, 1.54) is 0 Å². The topological polar surface area (TPSA) is 61.4 Å². The first-order valence-electron chi connectivity index (χ1n) is 6.95. The SMILES string of the molecule is O=C(NCCCO)C1(c2ccccc2)CCNCC1. The Balaban J connectivity index is 2.17. The number of carbonyl (C=O) groups excluding carboxylic acids is 1. The van der Waals surface area contributed by atoms with Crippen LogP contribution in [0.3, 0.4) is 0 Å². The molecule has 0 radical (unpaired) electrons. The van der Waals surface area contributed by atoms with E-state index in [0.29, 0.717) is 13.0 Å². The van der Waals surface area contributed by atoms with Gasteiger partial charge in [-0.3, -0.25) is 4.79 Å². The zero-order chi connectivity index (χ0) is 13.6. The summed E-state index contributed by atoms with van der Waals surface area (Å²) in [6.07, 6.45) is 2.25. The van der Waals surface area contributed by atoms with E-state index in [1.807, 2.05) is 30.3 Å². The monoisotopic (exact) mass is 262 g/mol. The van der Waals surface area contributed by atoms with Crippen LogP contribution < -0.4 is 10.6 Å². The number of amides is 1. The lowest BCUT2D eigenvalue weighted by molar-refractivity contribution is -0.127. The quantitative estimate of drug-likeness (QED) is 0.688. The first-order valence-corrected chi connectivity index (χ1v) is 6.95. The fourth-order valence-corrected chi connectivity index (χ4v) is 2.71. The van der Waals surface area contributed by atoms with E-state index in [-0.39, 0.29) is 12.5 Å². The summed E-state index contributed by atoms with van der Waals surface area (Å²) >= 11 is 0. The number of piperidine rings is 1. The molecule has 0 aromatic heterocycles. The van der Waals surface area contributed by atoms with E-state index >= 15 is 0 Å². The largest absolute Gasteiger partial charge is 0.396 e. The molecule has 3 N–H and O–H groups in total. The molecule has 0 unspecified atom stereocenters. The molecule has 1 heterocycles. The molecule has 0 spiro atoms. The second-order valence-corrected chi connectivity index (χ2v) is 5.03. The van der Waals surface area contributed by atoms with Crippen LogP contribution in [0.2, 0.25) is 0 Å². The van der Waals surface area contributed by atoms with Gasteiger partial charge in [0.1, 0.15) is 0 Å². The summed E-state index contributed by atoms with van der Waals surface area (Å²) in [6, 6.07) is 10.0. The van der Waals surface area contributed by atoms with E-state index in [2.05, 4.69) is 10.6 Å². The van der Waals surface area contributed by atoms with Crippen molar-refractivity contribution in [2.24, 2.45) is 0 Å². The molecule has 1 saturated heterocycles. The van der Waals surface area contributed by atoms with Crippen molar-refractivity contribution in [3.63, 3.8) is 0 Å². The number of hydrogen-bond acceptors (Lipinski definition) is 3. The van der Waals surface area contributed by atoms with Gasteiger partial charge in [-0.1, -0.05) is 30.3 Å². The number of rotatable bonds is 5. The Labute approximate surface area is 114 Å². The summed E-state index contributed by atoms with van der Waals surface area (Å²) in [5.74, 6) is 0.0913. The van der Waals surface area contributed by atoms with Gasteiger partial charge in [0.15, 0.2) is 0 Å². The average molecular weight is 262 g/mol. The summed E-state index contributed by atoms with van der Waals surface area (Å²) in [5.41, 5.74) is 0.681. The molecule has 1 aromatic carbocycles. The molecular formula is C15H22N2O2. The molecule has 104 valence electrons. The summed E-state index contributed by atoms with van der Waals surface area (Å²) in [6.45, 7) is 2.38. The molecule has 0 saturated carbocycles. The number of aliphatic hydroxyl groups excluding tert-OH is 1. The Morgan fingerprint density at radius 3 is 2.58 bits per heavy atom. The first-order chi connectivity index (χ1) is 9.29. The molecule has 19 heavy (non-hydrogen) atoms. The van der Waals surface area contributed by atoms with Crippen LogP contribution in [0.4, 0.5) is 0 Å². The minimum absolute atomic E-state index is 0.0913. The zero-order valence-corrected chi connectivity index (χ0v) is 11.2. The highest BCUT2D eigenvalue weighted by Gasteiger charge is 2.40. The van der Waals surface area contributed by atoms with Gasteiger partial charge in [-0.2, -0.15) is 0 Å². The Morgan fingerprint density at radius 1 is 1.26 bits per heavy atom. The van der Waals surface area contributed by atoms with Crippen molar-refractivity contribution < 1.29 is 9.90 Å². The van der Waals surface area contributed by atoms with Crippen molar-refractivity contribution in [1.82, 2.24) is 10.6 Å². The molecule has 4 nitrogen and oxygen atoms in total. The van der Waals surface area contributed by atoms with Gasteiger partial charge in [-0.25, -0.2) is 0 Å². The minimum atomic E-state index is -0.415. The minimum Gasteiger partial charge on any atom is -0.396 e. The maximum atomic E-state index is 12.6. The van der Waals surface area contributed by atoms with E-state index in [9.17, 15) is 4.79 Å². The van der Waals surface area contributed by atoms with Crippen LogP contribution in [0.25, 0.3) is 0 Å². The van der Waals surface area contributed by atoms with Crippen LogP contribution in [0.15, 0.2) is 30.3 Å². The van der Waals surface area contributed by atoms with Gasteiger partial charge < -0.3 is 15.7 Å². The molecule has 4 heteroatoms. The van der Waals surface area contributed by atoms with Gasteiger partial charge >= 0.3 is 0 Å². The smallest absolute Gasteiger partial charge is 0.230 e. The number of hydrogen-bond donors (Lipinski definition) is 3. The molecule has 0 bridgehead atoms. The van der Waals surface area contributed by atoms with Crippen LogP contribution in [0, 0.1) is 0 Å². The maximum Gasteiger partial charge on any atom is 0.230 e. The number of carbonyl (C=O) groups is 1. The predicted molar refractivity (Wildman–Crippen MR) is 74.9 cm³/mol. The third kappa shape index (κ3) is 3.14. The fraction of sp³-hybridized carbons (Fsp3) is 0.533. The van der Waals surface area contributed by atoms with E-state index in [1.54, 1.807) is 0 Å². The first kappa shape index (κ1) is 14.0. The van der Waals surface area contributed by atoms with Crippen molar-refractivity contribution >= 4 is 5.91 Å². The number of aliphatic hydroxyl groups is 1.